The lowest BCUT2D eigenvalue weighted by atomic mass is 10.1. The molecule has 2 N–H and O–H groups in total. The molecule has 0 unspecified atom stereocenters. The summed E-state index contributed by atoms with van der Waals surface area (Å²) in [5, 5.41) is 3.08. The standard InChI is InChI=1S/C18H22N4O4/c23-16(12-5-6-14-15(11-12)26-18(25)20-14)21-7-9-22(10-8-21)17(24)19-13-3-1-2-4-13/h5-6,11,13H,1-4,7-10H2,(H,19,24)(H,20,25). The van der Waals surface area contributed by atoms with Crippen molar-refractivity contribution in [2.75, 3.05) is 26.2 Å². The highest BCUT2D eigenvalue weighted by atomic mass is 16.4. The van der Waals surface area contributed by atoms with Gasteiger partial charge in [0.15, 0.2) is 5.58 Å². The summed E-state index contributed by atoms with van der Waals surface area (Å²) in [5.74, 6) is -0.655. The zero-order valence-electron chi connectivity index (χ0n) is 14.5. The van der Waals surface area contributed by atoms with Crippen LogP contribution in [0.15, 0.2) is 27.4 Å². The molecule has 1 aliphatic carbocycles. The molecule has 26 heavy (non-hydrogen) atoms. The lowest BCUT2D eigenvalue weighted by Gasteiger charge is -2.35. The summed E-state index contributed by atoms with van der Waals surface area (Å²) in [6, 6.07) is 5.19. The fourth-order valence-electron chi connectivity index (χ4n) is 3.71. The van der Waals surface area contributed by atoms with Gasteiger partial charge in [0.2, 0.25) is 0 Å². The number of amides is 3. The van der Waals surface area contributed by atoms with Crippen LogP contribution in [-0.4, -0.2) is 58.9 Å². The molecule has 2 fully saturated rings. The van der Waals surface area contributed by atoms with Crippen molar-refractivity contribution in [2.45, 2.75) is 31.7 Å². The number of rotatable bonds is 2. The van der Waals surface area contributed by atoms with Crippen molar-refractivity contribution < 1.29 is 14.0 Å². The Kier molecular flexibility index (Phi) is 4.40. The number of carbonyl (C=O) groups is 2. The van der Waals surface area contributed by atoms with Gasteiger partial charge in [-0.1, -0.05) is 12.8 Å². The normalized spacial score (nSPS) is 18.5. The van der Waals surface area contributed by atoms with E-state index in [9.17, 15) is 14.4 Å². The van der Waals surface area contributed by atoms with Gasteiger partial charge in [0, 0.05) is 37.8 Å². The number of carbonyl (C=O) groups excluding carboxylic acids is 2. The van der Waals surface area contributed by atoms with E-state index < -0.39 is 5.76 Å². The molecule has 0 atom stereocenters. The van der Waals surface area contributed by atoms with Gasteiger partial charge in [-0.25, -0.2) is 9.59 Å². The fourth-order valence-corrected chi connectivity index (χ4v) is 3.71. The van der Waals surface area contributed by atoms with Crippen LogP contribution in [-0.2, 0) is 0 Å². The highest BCUT2D eigenvalue weighted by Crippen LogP contribution is 2.18. The third-order valence-electron chi connectivity index (χ3n) is 5.20. The first-order valence-electron chi connectivity index (χ1n) is 9.08. The molecule has 1 saturated heterocycles. The number of aromatic nitrogens is 1. The average Bonchev–Trinajstić information content (AvgIpc) is 3.28. The zero-order valence-corrected chi connectivity index (χ0v) is 14.5. The first-order chi connectivity index (χ1) is 12.6. The molecule has 1 aromatic heterocycles. The number of urea groups is 1. The van der Waals surface area contributed by atoms with Crippen molar-refractivity contribution >= 4 is 23.0 Å². The van der Waals surface area contributed by atoms with Crippen LogP contribution in [0.25, 0.3) is 11.1 Å². The molecule has 4 rings (SSSR count). The number of H-pyrrole nitrogens is 1. The Bertz CT molecular complexity index is 873. The molecule has 3 amide bonds. The van der Waals surface area contributed by atoms with E-state index in [0.29, 0.717) is 48.9 Å². The van der Waals surface area contributed by atoms with Gasteiger partial charge in [-0.3, -0.25) is 9.78 Å². The monoisotopic (exact) mass is 358 g/mol. The molecule has 1 saturated carbocycles. The Balaban J connectivity index is 1.36. The minimum atomic E-state index is -0.536. The second kappa shape index (κ2) is 6.86. The molecule has 2 aliphatic rings. The second-order valence-electron chi connectivity index (χ2n) is 6.94. The third-order valence-corrected chi connectivity index (χ3v) is 5.20. The summed E-state index contributed by atoms with van der Waals surface area (Å²) >= 11 is 0. The van der Waals surface area contributed by atoms with Crippen molar-refractivity contribution in [3.63, 3.8) is 0 Å². The van der Waals surface area contributed by atoms with E-state index in [0.717, 1.165) is 12.8 Å². The molecule has 138 valence electrons. The van der Waals surface area contributed by atoms with E-state index in [1.807, 2.05) is 0 Å². The SMILES string of the molecule is O=C(NC1CCCC1)N1CCN(C(=O)c2ccc3[nH]c(=O)oc3c2)CC1. The van der Waals surface area contributed by atoms with Gasteiger partial charge in [0.05, 0.1) is 5.52 Å². The van der Waals surface area contributed by atoms with Gasteiger partial charge in [-0.15, -0.1) is 0 Å². The molecule has 0 spiro atoms. The number of piperazine rings is 1. The van der Waals surface area contributed by atoms with Gasteiger partial charge < -0.3 is 19.5 Å². The molecular weight excluding hydrogens is 336 g/mol. The van der Waals surface area contributed by atoms with Crippen LogP contribution in [0.4, 0.5) is 4.79 Å². The van der Waals surface area contributed by atoms with Crippen molar-refractivity contribution in [1.82, 2.24) is 20.1 Å². The average molecular weight is 358 g/mol. The molecule has 0 radical (unpaired) electrons. The number of aromatic amines is 1. The smallest absolute Gasteiger partial charge is 0.408 e. The summed E-state index contributed by atoms with van der Waals surface area (Å²) in [7, 11) is 0. The van der Waals surface area contributed by atoms with Crippen LogP contribution in [0, 0.1) is 0 Å². The summed E-state index contributed by atoms with van der Waals surface area (Å²) in [5.41, 5.74) is 1.42. The molecule has 1 aromatic carbocycles. The van der Waals surface area contributed by atoms with Crippen LogP contribution in [0.5, 0.6) is 0 Å². The molecule has 8 heteroatoms. The number of hydrogen-bond acceptors (Lipinski definition) is 4. The van der Waals surface area contributed by atoms with Crippen molar-refractivity contribution in [1.29, 1.82) is 0 Å². The van der Waals surface area contributed by atoms with Crippen LogP contribution >= 0.6 is 0 Å². The van der Waals surface area contributed by atoms with E-state index in [-0.39, 0.29) is 11.9 Å². The number of hydrogen-bond donors (Lipinski definition) is 2. The first kappa shape index (κ1) is 16.7. The lowest BCUT2D eigenvalue weighted by Crippen LogP contribution is -2.54. The molecule has 0 bridgehead atoms. The maximum Gasteiger partial charge on any atom is 0.417 e. The van der Waals surface area contributed by atoms with Gasteiger partial charge in [0.1, 0.15) is 0 Å². The predicted octanol–water partition coefficient (Wildman–Crippen LogP) is 1.53. The summed E-state index contributed by atoms with van der Waals surface area (Å²) in [6.07, 6.45) is 4.47. The second-order valence-corrected chi connectivity index (χ2v) is 6.94. The van der Waals surface area contributed by atoms with E-state index in [4.69, 9.17) is 4.42 Å². The molecule has 2 heterocycles. The van der Waals surface area contributed by atoms with Gasteiger partial charge in [-0.2, -0.15) is 0 Å². The number of fused-ring (bicyclic) bond motifs is 1. The van der Waals surface area contributed by atoms with Crippen LogP contribution in [0.3, 0.4) is 0 Å². The number of benzene rings is 1. The Labute approximate surface area is 150 Å². The Morgan fingerprint density at radius 3 is 2.50 bits per heavy atom. The van der Waals surface area contributed by atoms with E-state index >= 15 is 0 Å². The minimum absolute atomic E-state index is 0.0282. The lowest BCUT2D eigenvalue weighted by molar-refractivity contribution is 0.0663. The quantitative estimate of drug-likeness (QED) is 0.850. The predicted molar refractivity (Wildman–Crippen MR) is 95.1 cm³/mol. The molecule has 1 aliphatic heterocycles. The van der Waals surface area contributed by atoms with E-state index in [1.54, 1.807) is 28.0 Å². The maximum atomic E-state index is 12.7. The largest absolute Gasteiger partial charge is 0.417 e. The third kappa shape index (κ3) is 3.31. The Hall–Kier alpha value is -2.77. The van der Waals surface area contributed by atoms with Crippen molar-refractivity contribution in [3.8, 4) is 0 Å². The van der Waals surface area contributed by atoms with Gasteiger partial charge >= 0.3 is 11.8 Å². The topological polar surface area (TPSA) is 98.6 Å². The van der Waals surface area contributed by atoms with Gasteiger partial charge in [-0.05, 0) is 31.0 Å². The van der Waals surface area contributed by atoms with Gasteiger partial charge in [0.25, 0.3) is 5.91 Å². The van der Waals surface area contributed by atoms with Crippen LogP contribution in [0.1, 0.15) is 36.0 Å². The first-order valence-corrected chi connectivity index (χ1v) is 9.08. The van der Waals surface area contributed by atoms with Crippen LogP contribution in [0.2, 0.25) is 0 Å². The highest BCUT2D eigenvalue weighted by molar-refractivity contribution is 5.97. The van der Waals surface area contributed by atoms with E-state index in [2.05, 4.69) is 10.3 Å². The zero-order chi connectivity index (χ0) is 18.1. The van der Waals surface area contributed by atoms with Crippen molar-refractivity contribution in [3.05, 3.63) is 34.3 Å². The molecule has 8 nitrogen and oxygen atoms in total. The minimum Gasteiger partial charge on any atom is -0.408 e. The highest BCUT2D eigenvalue weighted by Gasteiger charge is 2.27. The fraction of sp³-hybridized carbons (Fsp3) is 0.500. The molecular formula is C18H22N4O4. The maximum absolute atomic E-state index is 12.7. The summed E-state index contributed by atoms with van der Waals surface area (Å²) < 4.78 is 5.01. The van der Waals surface area contributed by atoms with E-state index in [1.165, 1.54) is 12.8 Å². The summed E-state index contributed by atoms with van der Waals surface area (Å²) in [6.45, 7) is 2.02. The number of nitrogens with zero attached hydrogens (tertiary/aromatic N) is 2. The Morgan fingerprint density at radius 1 is 1.08 bits per heavy atom. The number of oxazole rings is 1. The molecule has 2 aromatic rings. The number of nitrogens with one attached hydrogen (secondary N) is 2. The summed E-state index contributed by atoms with van der Waals surface area (Å²) in [4.78, 5) is 42.3. The van der Waals surface area contributed by atoms with Crippen molar-refractivity contribution in [2.24, 2.45) is 0 Å². The Morgan fingerprint density at radius 2 is 1.77 bits per heavy atom. The van der Waals surface area contributed by atoms with Crippen LogP contribution < -0.4 is 11.1 Å².